The number of pyridine rings is 1. The van der Waals surface area contributed by atoms with Crippen molar-refractivity contribution in [2.75, 3.05) is 32.1 Å². The monoisotopic (exact) mass is 415 g/mol. The molecular formula is C26H29N3O2. The normalized spacial score (nSPS) is 14.4. The van der Waals surface area contributed by atoms with E-state index in [0.29, 0.717) is 19.0 Å². The Morgan fingerprint density at radius 1 is 0.968 bits per heavy atom. The highest BCUT2D eigenvalue weighted by Gasteiger charge is 2.25. The summed E-state index contributed by atoms with van der Waals surface area (Å²) < 4.78 is 6.10. The quantitative estimate of drug-likeness (QED) is 0.600. The minimum absolute atomic E-state index is 0.0821. The number of piperidine rings is 1. The molecule has 0 N–H and O–H groups in total. The summed E-state index contributed by atoms with van der Waals surface area (Å²) in [5.74, 6) is 0.747. The largest absolute Gasteiger partial charge is 0.474 e. The molecule has 0 bridgehead atoms. The van der Waals surface area contributed by atoms with Gasteiger partial charge in [-0.25, -0.2) is 4.98 Å². The zero-order valence-corrected chi connectivity index (χ0v) is 18.4. The number of rotatable bonds is 5. The number of aryl methyl sites for hydroxylation is 1. The van der Waals surface area contributed by atoms with E-state index in [1.807, 2.05) is 68.5 Å². The molecule has 4 rings (SSSR count). The molecule has 2 aromatic carbocycles. The van der Waals surface area contributed by atoms with Crippen molar-refractivity contribution in [1.82, 2.24) is 9.88 Å². The first-order valence-electron chi connectivity index (χ1n) is 10.8. The number of aromatic nitrogens is 1. The van der Waals surface area contributed by atoms with E-state index >= 15 is 0 Å². The van der Waals surface area contributed by atoms with E-state index in [0.717, 1.165) is 35.1 Å². The topological polar surface area (TPSA) is 45.7 Å². The summed E-state index contributed by atoms with van der Waals surface area (Å²) >= 11 is 0. The van der Waals surface area contributed by atoms with E-state index in [4.69, 9.17) is 4.74 Å². The molecule has 1 amide bonds. The lowest BCUT2D eigenvalue weighted by Crippen LogP contribution is -2.42. The molecule has 1 aromatic heterocycles. The molecular weight excluding hydrogens is 386 g/mol. The number of nitrogens with zero attached hydrogens (tertiary/aromatic N) is 3. The number of benzene rings is 2. The van der Waals surface area contributed by atoms with Crippen molar-refractivity contribution in [2.24, 2.45) is 0 Å². The Bertz CT molecular complexity index is 1020. The van der Waals surface area contributed by atoms with Gasteiger partial charge in [-0.1, -0.05) is 30.3 Å². The van der Waals surface area contributed by atoms with E-state index in [-0.39, 0.29) is 12.0 Å². The highest BCUT2D eigenvalue weighted by atomic mass is 16.5. The Labute approximate surface area is 184 Å². The van der Waals surface area contributed by atoms with Crippen LogP contribution >= 0.6 is 0 Å². The van der Waals surface area contributed by atoms with Crippen molar-refractivity contribution in [3.05, 3.63) is 78.0 Å². The second kappa shape index (κ2) is 9.21. The summed E-state index contributed by atoms with van der Waals surface area (Å²) in [5, 5.41) is 0. The molecule has 5 nitrogen and oxygen atoms in total. The maximum absolute atomic E-state index is 12.8. The molecule has 1 saturated heterocycles. The highest BCUT2D eigenvalue weighted by molar-refractivity contribution is 5.95. The molecule has 1 aliphatic rings. The summed E-state index contributed by atoms with van der Waals surface area (Å²) in [7, 11) is 4.07. The van der Waals surface area contributed by atoms with Crippen LogP contribution < -0.4 is 9.64 Å². The molecule has 1 fully saturated rings. The van der Waals surface area contributed by atoms with Gasteiger partial charge in [-0.2, -0.15) is 0 Å². The lowest BCUT2D eigenvalue weighted by Gasteiger charge is -2.32. The summed E-state index contributed by atoms with van der Waals surface area (Å²) in [6.45, 7) is 3.39. The van der Waals surface area contributed by atoms with Crippen LogP contribution in [0.2, 0.25) is 0 Å². The molecule has 1 aliphatic heterocycles. The van der Waals surface area contributed by atoms with E-state index in [1.165, 1.54) is 5.69 Å². The first-order valence-corrected chi connectivity index (χ1v) is 10.8. The third-order valence-electron chi connectivity index (χ3n) is 5.85. The molecule has 2 heterocycles. The SMILES string of the molecule is Cc1ccccc1C(=O)N1CCC(Oc2ccc(-c3ccc(N(C)C)cc3)cn2)CC1. The van der Waals surface area contributed by atoms with Crippen molar-refractivity contribution in [3.63, 3.8) is 0 Å². The zero-order valence-electron chi connectivity index (χ0n) is 18.4. The van der Waals surface area contributed by atoms with Gasteiger partial charge >= 0.3 is 0 Å². The number of ether oxygens (including phenoxy) is 1. The Hall–Kier alpha value is -3.34. The summed E-state index contributed by atoms with van der Waals surface area (Å²) in [6, 6.07) is 20.2. The van der Waals surface area contributed by atoms with E-state index in [1.54, 1.807) is 0 Å². The third kappa shape index (κ3) is 4.88. The van der Waals surface area contributed by atoms with E-state index < -0.39 is 0 Å². The first kappa shape index (κ1) is 20.9. The van der Waals surface area contributed by atoms with Gasteiger partial charge in [0.25, 0.3) is 5.91 Å². The fraction of sp³-hybridized carbons (Fsp3) is 0.308. The summed E-state index contributed by atoms with van der Waals surface area (Å²) in [5.41, 5.74) is 5.18. The maximum Gasteiger partial charge on any atom is 0.254 e. The number of hydrogen-bond acceptors (Lipinski definition) is 4. The van der Waals surface area contributed by atoms with Gasteiger partial charge in [0.2, 0.25) is 5.88 Å². The Morgan fingerprint density at radius 3 is 2.26 bits per heavy atom. The van der Waals surface area contributed by atoms with E-state index in [2.05, 4.69) is 34.1 Å². The third-order valence-corrected chi connectivity index (χ3v) is 5.85. The molecule has 3 aromatic rings. The number of anilines is 1. The average Bonchev–Trinajstić information content (AvgIpc) is 2.80. The maximum atomic E-state index is 12.8. The molecule has 0 unspecified atom stereocenters. The standard InChI is InChI=1S/C26H29N3O2/c1-19-6-4-5-7-24(19)26(30)29-16-14-23(15-17-29)31-25-13-10-21(18-27-25)20-8-11-22(12-9-20)28(2)3/h4-13,18,23H,14-17H2,1-3H3. The van der Waals surface area contributed by atoms with Crippen molar-refractivity contribution >= 4 is 11.6 Å². The predicted molar refractivity (Wildman–Crippen MR) is 125 cm³/mol. The van der Waals surface area contributed by atoms with Gasteiger partial charge in [0, 0.05) is 69.1 Å². The summed E-state index contributed by atoms with van der Waals surface area (Å²) in [4.78, 5) is 21.3. The second-order valence-corrected chi connectivity index (χ2v) is 8.25. The Balaban J connectivity index is 1.32. The molecule has 0 spiro atoms. The molecule has 31 heavy (non-hydrogen) atoms. The number of hydrogen-bond donors (Lipinski definition) is 0. The number of likely N-dealkylation sites (tertiary alicyclic amines) is 1. The minimum atomic E-state index is 0.0821. The number of amides is 1. The minimum Gasteiger partial charge on any atom is -0.474 e. The van der Waals surface area contributed by atoms with Crippen LogP contribution in [0.25, 0.3) is 11.1 Å². The molecule has 0 atom stereocenters. The molecule has 0 aliphatic carbocycles. The summed E-state index contributed by atoms with van der Waals surface area (Å²) in [6.07, 6.45) is 3.57. The lowest BCUT2D eigenvalue weighted by molar-refractivity contribution is 0.0587. The van der Waals surface area contributed by atoms with Crippen LogP contribution in [0.1, 0.15) is 28.8 Å². The van der Waals surface area contributed by atoms with Gasteiger partial charge in [-0.05, 0) is 42.3 Å². The van der Waals surface area contributed by atoms with Crippen LogP contribution in [0, 0.1) is 6.92 Å². The Morgan fingerprint density at radius 2 is 1.65 bits per heavy atom. The van der Waals surface area contributed by atoms with Crippen molar-refractivity contribution in [3.8, 4) is 17.0 Å². The van der Waals surface area contributed by atoms with Gasteiger partial charge in [-0.15, -0.1) is 0 Å². The first-order chi connectivity index (χ1) is 15.0. The van der Waals surface area contributed by atoms with Gasteiger partial charge in [-0.3, -0.25) is 4.79 Å². The second-order valence-electron chi connectivity index (χ2n) is 8.25. The fourth-order valence-corrected chi connectivity index (χ4v) is 3.90. The van der Waals surface area contributed by atoms with Crippen molar-refractivity contribution in [1.29, 1.82) is 0 Å². The van der Waals surface area contributed by atoms with Gasteiger partial charge in [0.1, 0.15) is 6.10 Å². The fourth-order valence-electron chi connectivity index (χ4n) is 3.90. The lowest BCUT2D eigenvalue weighted by atomic mass is 10.0. The molecule has 0 saturated carbocycles. The van der Waals surface area contributed by atoms with Gasteiger partial charge < -0.3 is 14.5 Å². The van der Waals surface area contributed by atoms with Crippen LogP contribution in [0.15, 0.2) is 66.9 Å². The van der Waals surface area contributed by atoms with Crippen molar-refractivity contribution in [2.45, 2.75) is 25.9 Å². The molecule has 160 valence electrons. The van der Waals surface area contributed by atoms with Crippen LogP contribution in [-0.2, 0) is 0 Å². The Kier molecular flexibility index (Phi) is 6.21. The number of carbonyl (C=O) groups excluding carboxylic acids is 1. The molecule has 0 radical (unpaired) electrons. The van der Waals surface area contributed by atoms with Crippen molar-refractivity contribution < 1.29 is 9.53 Å². The smallest absolute Gasteiger partial charge is 0.254 e. The van der Waals surface area contributed by atoms with Crippen LogP contribution in [0.5, 0.6) is 5.88 Å². The predicted octanol–water partition coefficient (Wildman–Crippen LogP) is 4.81. The zero-order chi connectivity index (χ0) is 21.8. The average molecular weight is 416 g/mol. The van der Waals surface area contributed by atoms with E-state index in [9.17, 15) is 4.79 Å². The van der Waals surface area contributed by atoms with Crippen LogP contribution in [-0.4, -0.2) is 49.1 Å². The highest BCUT2D eigenvalue weighted by Crippen LogP contribution is 2.25. The van der Waals surface area contributed by atoms with Crippen LogP contribution in [0.3, 0.4) is 0 Å². The van der Waals surface area contributed by atoms with Gasteiger partial charge in [0.05, 0.1) is 0 Å². The molecule has 5 heteroatoms. The number of carbonyl (C=O) groups is 1. The van der Waals surface area contributed by atoms with Gasteiger partial charge in [0.15, 0.2) is 0 Å². The van der Waals surface area contributed by atoms with Crippen LogP contribution in [0.4, 0.5) is 5.69 Å².